The number of halogens is 1. The monoisotopic (exact) mass is 407 g/mol. The van der Waals surface area contributed by atoms with Crippen molar-refractivity contribution in [1.82, 2.24) is 34.1 Å². The molecule has 1 saturated carbocycles. The molecule has 4 aromatic heterocycles. The van der Waals surface area contributed by atoms with Crippen LogP contribution < -0.4 is 0 Å². The third kappa shape index (κ3) is 2.42. The normalized spacial score (nSPS) is 22.8. The number of fused-ring (bicyclic) bond motifs is 3. The summed E-state index contributed by atoms with van der Waals surface area (Å²) in [7, 11) is 0. The summed E-state index contributed by atoms with van der Waals surface area (Å²) in [6.45, 7) is 4.82. The van der Waals surface area contributed by atoms with Crippen molar-refractivity contribution >= 4 is 17.4 Å². The summed E-state index contributed by atoms with van der Waals surface area (Å²) >= 11 is 0. The maximum absolute atomic E-state index is 14.8. The van der Waals surface area contributed by atoms with E-state index in [2.05, 4.69) is 20.2 Å². The largest absolute Gasteiger partial charge is 0.465 e. The first-order valence-electron chi connectivity index (χ1n) is 9.77. The molecular formula is C20H18FN7O2. The van der Waals surface area contributed by atoms with Gasteiger partial charge in [-0.25, -0.2) is 28.2 Å². The molecule has 1 unspecified atom stereocenters. The molecule has 152 valence electrons. The van der Waals surface area contributed by atoms with E-state index in [1.165, 1.54) is 15.5 Å². The summed E-state index contributed by atoms with van der Waals surface area (Å²) in [4.78, 5) is 21.4. The van der Waals surface area contributed by atoms with Crippen molar-refractivity contribution < 1.29 is 14.3 Å². The van der Waals surface area contributed by atoms with Gasteiger partial charge in [-0.3, -0.25) is 0 Å². The summed E-state index contributed by atoms with van der Waals surface area (Å²) in [6, 6.07) is 3.30. The lowest BCUT2D eigenvalue weighted by molar-refractivity contribution is 0.150. The van der Waals surface area contributed by atoms with E-state index in [-0.39, 0.29) is 23.4 Å². The number of amides is 1. The maximum Gasteiger partial charge on any atom is 0.407 e. The van der Waals surface area contributed by atoms with Crippen molar-refractivity contribution in [3.8, 4) is 11.3 Å². The lowest BCUT2D eigenvalue weighted by Crippen LogP contribution is -2.29. The summed E-state index contributed by atoms with van der Waals surface area (Å²) < 4.78 is 18.0. The maximum atomic E-state index is 14.8. The van der Waals surface area contributed by atoms with Gasteiger partial charge >= 0.3 is 6.09 Å². The van der Waals surface area contributed by atoms with E-state index in [4.69, 9.17) is 5.11 Å². The van der Waals surface area contributed by atoms with Crippen molar-refractivity contribution in [3.05, 3.63) is 47.4 Å². The van der Waals surface area contributed by atoms with Crippen LogP contribution in [-0.2, 0) is 0 Å². The lowest BCUT2D eigenvalue weighted by atomic mass is 10.1. The molecule has 4 aromatic rings. The number of carbonyl (C=O) groups is 1. The van der Waals surface area contributed by atoms with Gasteiger partial charge in [-0.05, 0) is 43.4 Å². The molecule has 0 aromatic carbocycles. The van der Waals surface area contributed by atoms with E-state index in [0.717, 1.165) is 16.9 Å². The summed E-state index contributed by atoms with van der Waals surface area (Å²) in [6.07, 6.45) is 2.67. The number of piperidine rings is 1. The fraction of sp³-hybridized carbons (Fsp3) is 0.350. The van der Waals surface area contributed by atoms with Crippen molar-refractivity contribution in [2.24, 2.45) is 11.8 Å². The molecule has 1 aliphatic carbocycles. The number of pyridine rings is 1. The molecule has 9 nitrogen and oxygen atoms in total. The molecule has 1 saturated heterocycles. The Morgan fingerprint density at radius 1 is 1.07 bits per heavy atom. The van der Waals surface area contributed by atoms with Crippen LogP contribution in [0.2, 0.25) is 0 Å². The molecular weight excluding hydrogens is 389 g/mol. The Morgan fingerprint density at radius 2 is 1.80 bits per heavy atom. The van der Waals surface area contributed by atoms with E-state index in [1.54, 1.807) is 10.7 Å². The average Bonchev–Trinajstić information content (AvgIpc) is 3.11. The highest BCUT2D eigenvalue weighted by Gasteiger charge is 2.59. The molecule has 0 bridgehead atoms. The smallest absolute Gasteiger partial charge is 0.407 e. The minimum Gasteiger partial charge on any atom is -0.465 e. The van der Waals surface area contributed by atoms with E-state index < -0.39 is 11.9 Å². The number of imidazole rings is 1. The molecule has 0 spiro atoms. The van der Waals surface area contributed by atoms with Crippen LogP contribution in [0.5, 0.6) is 0 Å². The highest BCUT2D eigenvalue weighted by molar-refractivity contribution is 5.66. The van der Waals surface area contributed by atoms with Gasteiger partial charge in [0.15, 0.2) is 22.9 Å². The zero-order valence-electron chi connectivity index (χ0n) is 16.3. The Labute approximate surface area is 169 Å². The number of likely N-dealkylation sites (tertiary alicyclic amines) is 1. The van der Waals surface area contributed by atoms with Gasteiger partial charge in [0.2, 0.25) is 0 Å². The SMILES string of the molecule is Cc1cn2nc(-c3cc(F)c4nc(C5[C@H]6CN(C(=O)O)C[C@@H]56)nn4c3)cc(C)c2n1. The van der Waals surface area contributed by atoms with Crippen LogP contribution in [0.1, 0.15) is 23.0 Å². The Kier molecular flexibility index (Phi) is 3.31. The van der Waals surface area contributed by atoms with Gasteiger partial charge in [0.05, 0.1) is 17.6 Å². The quantitative estimate of drug-likeness (QED) is 0.548. The van der Waals surface area contributed by atoms with Crippen LogP contribution in [0.25, 0.3) is 22.6 Å². The third-order valence-electron chi connectivity index (χ3n) is 6.19. The van der Waals surface area contributed by atoms with E-state index in [1.807, 2.05) is 26.1 Å². The molecule has 2 fully saturated rings. The third-order valence-corrected chi connectivity index (χ3v) is 6.19. The van der Waals surface area contributed by atoms with Crippen molar-refractivity contribution in [2.75, 3.05) is 13.1 Å². The first-order chi connectivity index (χ1) is 14.4. The van der Waals surface area contributed by atoms with Gasteiger partial charge in [-0.1, -0.05) is 0 Å². The van der Waals surface area contributed by atoms with Crippen LogP contribution in [-0.4, -0.2) is 58.4 Å². The Balaban J connectivity index is 1.37. The highest BCUT2D eigenvalue weighted by atomic mass is 19.1. The second-order valence-electron chi connectivity index (χ2n) is 8.22. The van der Waals surface area contributed by atoms with Crippen molar-refractivity contribution in [1.29, 1.82) is 0 Å². The topological polar surface area (TPSA) is 101 Å². The molecule has 2 aliphatic rings. The second-order valence-corrected chi connectivity index (χ2v) is 8.22. The second kappa shape index (κ2) is 5.74. The Hall–Kier alpha value is -3.56. The summed E-state index contributed by atoms with van der Waals surface area (Å²) in [5, 5.41) is 18.2. The number of carboxylic acid groups (broad SMARTS) is 1. The standard InChI is InChI=1S/C20H18FN7O2/c1-9-3-15(24-27-5-10(2)22-18(9)27)11-4-14(21)19-23-17(25-28(19)6-11)16-12-7-26(20(29)30)8-13(12)16/h3-6,12-13,16H,7-8H2,1-2H3,(H,29,30)/t12-,13+,16?. The zero-order valence-corrected chi connectivity index (χ0v) is 16.3. The number of nitrogens with zero attached hydrogens (tertiary/aromatic N) is 7. The molecule has 5 heterocycles. The van der Waals surface area contributed by atoms with E-state index in [0.29, 0.717) is 30.2 Å². The average molecular weight is 407 g/mol. The van der Waals surface area contributed by atoms with Gasteiger partial charge in [0.25, 0.3) is 0 Å². The van der Waals surface area contributed by atoms with E-state index >= 15 is 0 Å². The zero-order chi connectivity index (χ0) is 20.7. The Bertz CT molecular complexity index is 1350. The van der Waals surface area contributed by atoms with Crippen LogP contribution in [0.4, 0.5) is 9.18 Å². The van der Waals surface area contributed by atoms with Gasteiger partial charge < -0.3 is 10.0 Å². The van der Waals surface area contributed by atoms with Crippen molar-refractivity contribution in [3.63, 3.8) is 0 Å². The molecule has 30 heavy (non-hydrogen) atoms. The number of hydrogen-bond donors (Lipinski definition) is 1. The van der Waals surface area contributed by atoms with Crippen molar-refractivity contribution in [2.45, 2.75) is 19.8 Å². The summed E-state index contributed by atoms with van der Waals surface area (Å²) in [5.74, 6) is 0.644. The fourth-order valence-electron chi connectivity index (χ4n) is 4.70. The predicted molar refractivity (Wildman–Crippen MR) is 104 cm³/mol. The first kappa shape index (κ1) is 17.3. The number of aryl methyl sites for hydroxylation is 2. The Morgan fingerprint density at radius 3 is 2.53 bits per heavy atom. The van der Waals surface area contributed by atoms with Crippen LogP contribution >= 0.6 is 0 Å². The summed E-state index contributed by atoms with van der Waals surface area (Å²) in [5.41, 5.74) is 3.97. The lowest BCUT2D eigenvalue weighted by Gasteiger charge is -2.14. The van der Waals surface area contributed by atoms with Crippen LogP contribution in [0.3, 0.4) is 0 Å². The highest BCUT2D eigenvalue weighted by Crippen LogP contribution is 2.57. The first-order valence-corrected chi connectivity index (χ1v) is 9.77. The number of rotatable bonds is 2. The molecule has 0 radical (unpaired) electrons. The van der Waals surface area contributed by atoms with Gasteiger partial charge in [-0.15, -0.1) is 0 Å². The molecule has 10 heteroatoms. The molecule has 6 rings (SSSR count). The fourth-order valence-corrected chi connectivity index (χ4v) is 4.70. The minimum atomic E-state index is -0.896. The van der Waals surface area contributed by atoms with Gasteiger partial charge in [-0.2, -0.15) is 10.2 Å². The molecule has 1 amide bonds. The number of hydrogen-bond acceptors (Lipinski definition) is 5. The predicted octanol–water partition coefficient (Wildman–Crippen LogP) is 2.52. The van der Waals surface area contributed by atoms with Crippen LogP contribution in [0, 0.1) is 31.5 Å². The van der Waals surface area contributed by atoms with Gasteiger partial charge in [0, 0.05) is 30.8 Å². The van der Waals surface area contributed by atoms with Crippen LogP contribution in [0.15, 0.2) is 24.5 Å². The number of aromatic nitrogens is 6. The minimum absolute atomic E-state index is 0.0917. The molecule has 1 aliphatic heterocycles. The molecule has 3 atom stereocenters. The molecule has 1 N–H and O–H groups in total. The van der Waals surface area contributed by atoms with Gasteiger partial charge in [0.1, 0.15) is 0 Å². The van der Waals surface area contributed by atoms with E-state index in [9.17, 15) is 9.18 Å².